The van der Waals surface area contributed by atoms with Crippen LogP contribution in [0, 0.1) is 0 Å². The van der Waals surface area contributed by atoms with Crippen LogP contribution in [0.5, 0.6) is 5.75 Å². The van der Waals surface area contributed by atoms with Crippen molar-refractivity contribution in [2.75, 3.05) is 33.4 Å². The van der Waals surface area contributed by atoms with E-state index in [0.717, 1.165) is 42.5 Å². The number of hydrogen-bond donors (Lipinski definition) is 2. The summed E-state index contributed by atoms with van der Waals surface area (Å²) in [5.41, 5.74) is 1.10. The molecule has 1 heterocycles. The van der Waals surface area contributed by atoms with Crippen molar-refractivity contribution in [3.63, 3.8) is 0 Å². The number of ether oxygens (including phenoxy) is 2. The summed E-state index contributed by atoms with van der Waals surface area (Å²) >= 11 is 0. The number of nitrogens with one attached hydrogen (secondary N) is 2. The van der Waals surface area contributed by atoms with Gasteiger partial charge in [-0.15, -0.1) is 0 Å². The molecule has 2 N–H and O–H groups in total. The molecule has 25 heavy (non-hydrogen) atoms. The van der Waals surface area contributed by atoms with Gasteiger partial charge in [0.25, 0.3) is 0 Å². The number of benzene rings is 1. The van der Waals surface area contributed by atoms with Crippen LogP contribution in [0.4, 0.5) is 0 Å². The molecule has 2 aromatic rings. The van der Waals surface area contributed by atoms with E-state index in [0.29, 0.717) is 19.8 Å². The van der Waals surface area contributed by atoms with Crippen LogP contribution in [-0.4, -0.2) is 39.4 Å². The number of methoxy groups -OCH3 is 1. The van der Waals surface area contributed by atoms with Crippen molar-refractivity contribution in [2.45, 2.75) is 19.9 Å². The molecule has 6 heteroatoms. The molecular formula is C19H27N3O3. The molecule has 6 nitrogen and oxygen atoms in total. The monoisotopic (exact) mass is 345 g/mol. The quantitative estimate of drug-likeness (QED) is 0.394. The summed E-state index contributed by atoms with van der Waals surface area (Å²) in [6.07, 6.45) is 2.51. The summed E-state index contributed by atoms with van der Waals surface area (Å²) in [4.78, 5) is 4.62. The molecule has 136 valence electrons. The molecule has 0 aliphatic carbocycles. The average molecular weight is 345 g/mol. The van der Waals surface area contributed by atoms with Crippen molar-refractivity contribution in [3.05, 3.63) is 54.0 Å². The highest BCUT2D eigenvalue weighted by Crippen LogP contribution is 2.14. The maximum absolute atomic E-state index is 5.63. The summed E-state index contributed by atoms with van der Waals surface area (Å²) in [5, 5.41) is 6.57. The van der Waals surface area contributed by atoms with E-state index in [1.165, 1.54) is 0 Å². The van der Waals surface area contributed by atoms with Gasteiger partial charge in [-0.3, -0.25) is 0 Å². The highest BCUT2D eigenvalue weighted by atomic mass is 16.5. The molecule has 0 bridgehead atoms. The Kier molecular flexibility index (Phi) is 8.41. The summed E-state index contributed by atoms with van der Waals surface area (Å²) < 4.78 is 16.0. The smallest absolute Gasteiger partial charge is 0.191 e. The number of rotatable bonds is 10. The zero-order valence-corrected chi connectivity index (χ0v) is 15.0. The maximum atomic E-state index is 5.63. The van der Waals surface area contributed by atoms with Crippen LogP contribution >= 0.6 is 0 Å². The molecule has 0 amide bonds. The van der Waals surface area contributed by atoms with Gasteiger partial charge in [0.1, 0.15) is 18.1 Å². The van der Waals surface area contributed by atoms with Crippen LogP contribution in [0.3, 0.4) is 0 Å². The van der Waals surface area contributed by atoms with E-state index in [9.17, 15) is 0 Å². The van der Waals surface area contributed by atoms with Crippen molar-refractivity contribution in [1.29, 1.82) is 0 Å². The van der Waals surface area contributed by atoms with Crippen LogP contribution < -0.4 is 15.4 Å². The Bertz CT molecular complexity index is 627. The highest BCUT2D eigenvalue weighted by molar-refractivity contribution is 5.79. The molecular weight excluding hydrogens is 318 g/mol. The molecule has 0 saturated heterocycles. The molecule has 0 saturated carbocycles. The molecule has 0 spiro atoms. The van der Waals surface area contributed by atoms with Crippen molar-refractivity contribution < 1.29 is 13.9 Å². The minimum absolute atomic E-state index is 0.542. The third kappa shape index (κ3) is 7.30. The number of nitrogens with zero attached hydrogens (tertiary/aromatic N) is 1. The zero-order chi connectivity index (χ0) is 17.7. The second-order valence-electron chi connectivity index (χ2n) is 5.44. The van der Waals surface area contributed by atoms with E-state index in [2.05, 4.69) is 15.6 Å². The molecule has 0 radical (unpaired) electrons. The summed E-state index contributed by atoms with van der Waals surface area (Å²) in [6.45, 7) is 5.32. The fraction of sp³-hybridized carbons (Fsp3) is 0.421. The SMILES string of the molecule is CCNC(=NCc1cccc(OCCOC)c1)NCCc1ccco1. The van der Waals surface area contributed by atoms with Crippen LogP contribution in [-0.2, 0) is 17.7 Å². The Labute approximate surface area is 149 Å². The minimum Gasteiger partial charge on any atom is -0.491 e. The van der Waals surface area contributed by atoms with Gasteiger partial charge in [0.2, 0.25) is 0 Å². The number of furan rings is 1. The fourth-order valence-electron chi connectivity index (χ4n) is 2.25. The van der Waals surface area contributed by atoms with Crippen LogP contribution in [0.1, 0.15) is 18.2 Å². The van der Waals surface area contributed by atoms with Gasteiger partial charge in [0.05, 0.1) is 19.4 Å². The van der Waals surface area contributed by atoms with Crippen molar-refractivity contribution in [1.82, 2.24) is 10.6 Å². The topological polar surface area (TPSA) is 68.0 Å². The summed E-state index contributed by atoms with van der Waals surface area (Å²) in [6, 6.07) is 11.8. The number of guanidine groups is 1. The zero-order valence-electron chi connectivity index (χ0n) is 15.0. The second-order valence-corrected chi connectivity index (χ2v) is 5.44. The second kappa shape index (κ2) is 11.1. The van der Waals surface area contributed by atoms with E-state index in [1.807, 2.05) is 43.3 Å². The molecule has 0 unspecified atom stereocenters. The van der Waals surface area contributed by atoms with Gasteiger partial charge in [-0.2, -0.15) is 0 Å². The first-order valence-corrected chi connectivity index (χ1v) is 8.57. The van der Waals surface area contributed by atoms with E-state index < -0.39 is 0 Å². The van der Waals surface area contributed by atoms with Gasteiger partial charge in [0, 0.05) is 26.6 Å². The predicted octanol–water partition coefficient (Wildman–Crippen LogP) is 2.60. The first-order valence-electron chi connectivity index (χ1n) is 8.57. The molecule has 0 fully saturated rings. The number of aliphatic imine (C=N–C) groups is 1. The Morgan fingerprint density at radius 3 is 2.84 bits per heavy atom. The predicted molar refractivity (Wildman–Crippen MR) is 99.0 cm³/mol. The summed E-state index contributed by atoms with van der Waals surface area (Å²) in [7, 11) is 1.66. The van der Waals surface area contributed by atoms with Gasteiger partial charge >= 0.3 is 0 Å². The van der Waals surface area contributed by atoms with Crippen molar-refractivity contribution in [2.24, 2.45) is 4.99 Å². The van der Waals surface area contributed by atoms with E-state index in [4.69, 9.17) is 13.9 Å². The van der Waals surface area contributed by atoms with Crippen LogP contribution in [0.15, 0.2) is 52.1 Å². The summed E-state index contributed by atoms with van der Waals surface area (Å²) in [5.74, 6) is 2.59. The highest BCUT2D eigenvalue weighted by Gasteiger charge is 2.01. The maximum Gasteiger partial charge on any atom is 0.191 e. The largest absolute Gasteiger partial charge is 0.491 e. The average Bonchev–Trinajstić information content (AvgIpc) is 3.14. The van der Waals surface area contributed by atoms with E-state index in [1.54, 1.807) is 13.4 Å². The van der Waals surface area contributed by atoms with Gasteiger partial charge < -0.3 is 24.5 Å². The molecule has 1 aromatic heterocycles. The van der Waals surface area contributed by atoms with Gasteiger partial charge in [-0.05, 0) is 36.8 Å². The van der Waals surface area contributed by atoms with Gasteiger partial charge in [0.15, 0.2) is 5.96 Å². The lowest BCUT2D eigenvalue weighted by atomic mass is 10.2. The first kappa shape index (κ1) is 18.9. The van der Waals surface area contributed by atoms with Crippen molar-refractivity contribution in [3.8, 4) is 5.75 Å². The third-order valence-corrected chi connectivity index (χ3v) is 3.46. The lowest BCUT2D eigenvalue weighted by molar-refractivity contribution is 0.146. The third-order valence-electron chi connectivity index (χ3n) is 3.46. The fourth-order valence-corrected chi connectivity index (χ4v) is 2.25. The molecule has 1 aromatic carbocycles. The van der Waals surface area contributed by atoms with E-state index in [-0.39, 0.29) is 0 Å². The lowest BCUT2D eigenvalue weighted by Crippen LogP contribution is -2.38. The van der Waals surface area contributed by atoms with Gasteiger partial charge in [-0.1, -0.05) is 12.1 Å². The molecule has 0 aliphatic heterocycles. The normalized spacial score (nSPS) is 11.4. The molecule has 0 aliphatic rings. The lowest BCUT2D eigenvalue weighted by Gasteiger charge is -2.11. The Balaban J connectivity index is 1.85. The van der Waals surface area contributed by atoms with Crippen LogP contribution in [0.25, 0.3) is 0 Å². The minimum atomic E-state index is 0.542. The Morgan fingerprint density at radius 1 is 1.16 bits per heavy atom. The Morgan fingerprint density at radius 2 is 2.08 bits per heavy atom. The van der Waals surface area contributed by atoms with Gasteiger partial charge in [-0.25, -0.2) is 4.99 Å². The van der Waals surface area contributed by atoms with Crippen LogP contribution in [0.2, 0.25) is 0 Å². The first-order chi connectivity index (χ1) is 12.3. The molecule has 0 atom stereocenters. The van der Waals surface area contributed by atoms with Crippen molar-refractivity contribution >= 4 is 5.96 Å². The molecule has 2 rings (SSSR count). The standard InChI is InChI=1S/C19H27N3O3/c1-3-20-19(21-10-9-17-8-5-11-24-17)22-15-16-6-4-7-18(14-16)25-13-12-23-2/h4-8,11,14H,3,9-10,12-13,15H2,1-2H3,(H2,20,21,22). The Hall–Kier alpha value is -2.47. The van der Waals surface area contributed by atoms with E-state index >= 15 is 0 Å². The number of hydrogen-bond acceptors (Lipinski definition) is 4.